The van der Waals surface area contributed by atoms with E-state index in [1.807, 2.05) is 24.3 Å². The Morgan fingerprint density at radius 3 is 2.11 bits per heavy atom. The Morgan fingerprint density at radius 2 is 1.49 bits per heavy atom. The highest BCUT2D eigenvalue weighted by Crippen LogP contribution is 2.39. The fourth-order valence-electron chi connectivity index (χ4n) is 5.49. The van der Waals surface area contributed by atoms with Crippen molar-refractivity contribution in [1.29, 1.82) is 0 Å². The molecule has 0 aliphatic heterocycles. The molecular formula is C33H28F3N5O5S. The molecule has 0 amide bonds. The molecule has 6 rings (SSSR count). The number of nitrogens with zero attached hydrogens (tertiary/aromatic N) is 5. The van der Waals surface area contributed by atoms with E-state index in [2.05, 4.69) is 5.10 Å². The molecule has 4 heterocycles. The van der Waals surface area contributed by atoms with Crippen molar-refractivity contribution in [2.45, 2.75) is 24.7 Å². The lowest BCUT2D eigenvalue weighted by Crippen LogP contribution is -2.23. The first-order chi connectivity index (χ1) is 22.2. The number of methoxy groups -OCH3 is 1. The van der Waals surface area contributed by atoms with Gasteiger partial charge in [0.1, 0.15) is 5.52 Å². The van der Waals surface area contributed by atoms with Crippen LogP contribution in [-0.2, 0) is 41.8 Å². The van der Waals surface area contributed by atoms with E-state index in [9.17, 15) is 31.2 Å². The van der Waals surface area contributed by atoms with Crippen LogP contribution >= 0.6 is 0 Å². The molecule has 2 aromatic carbocycles. The second-order valence-corrected chi connectivity index (χ2v) is 12.9. The molecule has 0 saturated carbocycles. The van der Waals surface area contributed by atoms with Gasteiger partial charge in [0.05, 0.1) is 23.4 Å². The molecule has 0 spiro atoms. The minimum atomic E-state index is -4.87. The average molecular weight is 664 g/mol. The van der Waals surface area contributed by atoms with Crippen molar-refractivity contribution in [2.24, 2.45) is 14.1 Å². The SMILES string of the molecule is COCc1ccc(-c2cn(C)c(=O)cc2-c2cn(C)c(=O)c3c2cc(-c2cnn(C(F)(F)F)c2)n3S(=O)(=O)c2ccc(C)cc2)cc1. The highest BCUT2D eigenvalue weighted by atomic mass is 32.2. The van der Waals surface area contributed by atoms with Gasteiger partial charge in [-0.1, -0.05) is 42.0 Å². The first kappa shape index (κ1) is 31.8. The van der Waals surface area contributed by atoms with Crippen molar-refractivity contribution >= 4 is 20.9 Å². The second-order valence-electron chi connectivity index (χ2n) is 11.2. The van der Waals surface area contributed by atoms with Crippen LogP contribution in [0.15, 0.2) is 99.9 Å². The number of rotatable bonds is 7. The number of hydrogen-bond donors (Lipinski definition) is 0. The van der Waals surface area contributed by atoms with Gasteiger partial charge in [0.15, 0.2) is 0 Å². The van der Waals surface area contributed by atoms with Crippen LogP contribution in [0.4, 0.5) is 13.2 Å². The third-order valence-electron chi connectivity index (χ3n) is 7.89. The summed E-state index contributed by atoms with van der Waals surface area (Å²) in [6.07, 6.45) is -0.213. The van der Waals surface area contributed by atoms with Crippen molar-refractivity contribution in [3.8, 4) is 33.5 Å². The number of ether oxygens (including phenoxy) is 1. The maximum atomic E-state index is 14.3. The molecule has 0 fully saturated rings. The molecule has 0 unspecified atom stereocenters. The number of aryl methyl sites for hydroxylation is 3. The van der Waals surface area contributed by atoms with Crippen LogP contribution in [0, 0.1) is 6.92 Å². The number of fused-ring (bicyclic) bond motifs is 1. The summed E-state index contributed by atoms with van der Waals surface area (Å²) in [5.41, 5.74) is 1.90. The summed E-state index contributed by atoms with van der Waals surface area (Å²) < 4.78 is 77.7. The van der Waals surface area contributed by atoms with E-state index in [1.165, 1.54) is 46.6 Å². The van der Waals surface area contributed by atoms with E-state index in [4.69, 9.17) is 4.74 Å². The van der Waals surface area contributed by atoms with E-state index in [1.54, 1.807) is 39.4 Å². The smallest absolute Gasteiger partial charge is 0.380 e. The Balaban J connectivity index is 1.72. The third kappa shape index (κ3) is 5.59. The predicted octanol–water partition coefficient (Wildman–Crippen LogP) is 5.40. The molecule has 14 heteroatoms. The molecule has 0 radical (unpaired) electrons. The minimum absolute atomic E-state index is 0.115. The lowest BCUT2D eigenvalue weighted by Gasteiger charge is -2.15. The van der Waals surface area contributed by atoms with E-state index >= 15 is 0 Å². The molecule has 4 aromatic heterocycles. The first-order valence-corrected chi connectivity index (χ1v) is 15.6. The van der Waals surface area contributed by atoms with Gasteiger partial charge in [-0.05, 0) is 41.8 Å². The second kappa shape index (κ2) is 11.5. The monoisotopic (exact) mass is 663 g/mol. The van der Waals surface area contributed by atoms with E-state index in [-0.39, 0.29) is 37.3 Å². The van der Waals surface area contributed by atoms with Gasteiger partial charge in [-0.25, -0.2) is 12.4 Å². The first-order valence-electron chi connectivity index (χ1n) is 14.2. The van der Waals surface area contributed by atoms with Gasteiger partial charge in [-0.3, -0.25) is 9.59 Å². The Labute approximate surface area is 266 Å². The van der Waals surface area contributed by atoms with E-state index < -0.39 is 21.9 Å². The third-order valence-corrected chi connectivity index (χ3v) is 9.61. The van der Waals surface area contributed by atoms with Gasteiger partial charge in [0.25, 0.3) is 21.1 Å². The van der Waals surface area contributed by atoms with Gasteiger partial charge in [0.2, 0.25) is 0 Å². The number of pyridine rings is 2. The van der Waals surface area contributed by atoms with Crippen LogP contribution in [0.3, 0.4) is 0 Å². The highest BCUT2D eigenvalue weighted by molar-refractivity contribution is 7.90. The zero-order chi connectivity index (χ0) is 33.8. The predicted molar refractivity (Wildman–Crippen MR) is 170 cm³/mol. The number of halogens is 3. The maximum absolute atomic E-state index is 14.3. The number of alkyl halides is 3. The molecule has 47 heavy (non-hydrogen) atoms. The van der Waals surface area contributed by atoms with E-state index in [0.717, 1.165) is 26.9 Å². The molecule has 0 atom stereocenters. The number of benzene rings is 2. The Hall–Kier alpha value is -5.21. The summed E-state index contributed by atoms with van der Waals surface area (Å²) in [6.45, 7) is 2.16. The quantitative estimate of drug-likeness (QED) is 0.226. The summed E-state index contributed by atoms with van der Waals surface area (Å²) in [7, 11) is 0.0413. The lowest BCUT2D eigenvalue weighted by molar-refractivity contribution is -0.212. The van der Waals surface area contributed by atoms with Crippen LogP contribution in [0.5, 0.6) is 0 Å². The van der Waals surface area contributed by atoms with Crippen molar-refractivity contribution in [1.82, 2.24) is 22.9 Å². The Kier molecular flexibility index (Phi) is 7.80. The summed E-state index contributed by atoms with van der Waals surface area (Å²) in [6, 6.07) is 16.0. The van der Waals surface area contributed by atoms with Crippen LogP contribution < -0.4 is 11.1 Å². The molecule has 242 valence electrons. The average Bonchev–Trinajstić information content (AvgIpc) is 3.68. The molecule has 10 nitrogen and oxygen atoms in total. The van der Waals surface area contributed by atoms with Gasteiger partial charge < -0.3 is 13.9 Å². The number of aromatic nitrogens is 5. The van der Waals surface area contributed by atoms with Gasteiger partial charge in [-0.2, -0.15) is 9.78 Å². The summed E-state index contributed by atoms with van der Waals surface area (Å²) >= 11 is 0. The van der Waals surface area contributed by atoms with Crippen molar-refractivity contribution in [3.63, 3.8) is 0 Å². The summed E-state index contributed by atoms with van der Waals surface area (Å²) in [4.78, 5) is 26.7. The summed E-state index contributed by atoms with van der Waals surface area (Å²) in [5.74, 6) is 0. The Bertz CT molecular complexity index is 2390. The van der Waals surface area contributed by atoms with Crippen molar-refractivity contribution < 1.29 is 26.3 Å². The van der Waals surface area contributed by atoms with Crippen LogP contribution in [0.2, 0.25) is 0 Å². The largest absolute Gasteiger partial charge is 0.504 e. The van der Waals surface area contributed by atoms with E-state index in [0.29, 0.717) is 29.5 Å². The fraction of sp³-hybridized carbons (Fsp3) is 0.182. The molecule has 0 N–H and O–H groups in total. The molecule has 0 bridgehead atoms. The molecule has 0 saturated heterocycles. The fourth-order valence-corrected chi connectivity index (χ4v) is 7.02. The molecule has 0 aliphatic rings. The highest BCUT2D eigenvalue weighted by Gasteiger charge is 2.34. The minimum Gasteiger partial charge on any atom is -0.380 e. The van der Waals surface area contributed by atoms with Crippen molar-refractivity contribution in [2.75, 3.05) is 7.11 Å². The zero-order valence-corrected chi connectivity index (χ0v) is 26.4. The molecular weight excluding hydrogens is 635 g/mol. The topological polar surface area (TPSA) is 110 Å². The summed E-state index contributed by atoms with van der Waals surface area (Å²) in [5, 5.41) is 3.52. The Morgan fingerprint density at radius 1 is 0.830 bits per heavy atom. The number of hydrogen-bond acceptors (Lipinski definition) is 6. The molecule has 6 aromatic rings. The van der Waals surface area contributed by atoms with Crippen LogP contribution in [0.25, 0.3) is 44.4 Å². The van der Waals surface area contributed by atoms with Gasteiger partial charge >= 0.3 is 6.30 Å². The van der Waals surface area contributed by atoms with Gasteiger partial charge in [0, 0.05) is 67.9 Å². The van der Waals surface area contributed by atoms with Crippen LogP contribution in [-0.4, -0.2) is 38.4 Å². The zero-order valence-electron chi connectivity index (χ0n) is 25.6. The molecule has 0 aliphatic carbocycles. The standard InChI is InChI=1S/C33H28F3N5O5S/c1-20-5-11-24(12-6-20)47(44,45)41-29(23-15-37-40(16-23)33(34,35)36)13-26-28(18-39(3)32(43)31(26)41)25-14-30(42)38(2)17-27(25)22-9-7-21(8-10-22)19-46-4/h5-18H,19H2,1-4H3. The van der Waals surface area contributed by atoms with Crippen LogP contribution in [0.1, 0.15) is 11.1 Å². The van der Waals surface area contributed by atoms with Crippen molar-refractivity contribution in [3.05, 3.63) is 117 Å². The normalized spacial score (nSPS) is 12.2. The maximum Gasteiger partial charge on any atom is 0.504 e. The van der Waals surface area contributed by atoms with Gasteiger partial charge in [-0.15, -0.1) is 13.2 Å². The lowest BCUT2D eigenvalue weighted by atomic mass is 9.94.